The van der Waals surface area contributed by atoms with Gasteiger partial charge < -0.3 is 0 Å². The summed E-state index contributed by atoms with van der Waals surface area (Å²) >= 11 is -0.271. The Kier molecular flexibility index (Phi) is 6.53. The van der Waals surface area contributed by atoms with E-state index in [1.54, 1.807) is 3.57 Å². The maximum atomic E-state index is 2.49. The largest absolute Gasteiger partial charge is 0.359 e. The lowest BCUT2D eigenvalue weighted by atomic mass is 9.85. The van der Waals surface area contributed by atoms with E-state index in [-0.39, 0.29) is 32.0 Å². The fraction of sp³-hybridized carbons (Fsp3) is 0.379. The first kappa shape index (κ1) is 23.1. The third kappa shape index (κ3) is 5.17. The molecule has 0 unspecified atom stereocenters. The monoisotopic (exact) mass is 511 g/mol. The number of benzene rings is 3. The standard InChI is InChI=1S/C29H36I/c1-19-16-20(2)27(21(3)17-19)30-26-18-24(29(7,8)9)14-15-25(26)22-10-12-23(13-11-22)28(4,5)6/h10-18H,1-9H3/q+1. The smallest absolute Gasteiger partial charge is 0.0579 e. The van der Waals surface area contributed by atoms with Crippen LogP contribution in [-0.2, 0) is 10.8 Å². The molecule has 30 heavy (non-hydrogen) atoms. The Bertz CT molecular complexity index is 1020. The Morgan fingerprint density at radius 3 is 1.60 bits per heavy atom. The van der Waals surface area contributed by atoms with Crippen molar-refractivity contribution in [1.29, 1.82) is 0 Å². The van der Waals surface area contributed by atoms with E-state index in [0.29, 0.717) is 0 Å². The van der Waals surface area contributed by atoms with Crippen LogP contribution in [0.15, 0.2) is 54.6 Å². The van der Waals surface area contributed by atoms with Crippen molar-refractivity contribution in [3.8, 4) is 11.1 Å². The molecule has 0 nitrogen and oxygen atoms in total. The van der Waals surface area contributed by atoms with E-state index in [2.05, 4.69) is 117 Å². The summed E-state index contributed by atoms with van der Waals surface area (Å²) in [6.45, 7) is 20.5. The van der Waals surface area contributed by atoms with Gasteiger partial charge in [-0.15, -0.1) is 0 Å². The first-order chi connectivity index (χ1) is 13.9. The van der Waals surface area contributed by atoms with Gasteiger partial charge in [-0.05, 0) is 60.4 Å². The zero-order valence-corrected chi connectivity index (χ0v) is 22.2. The van der Waals surface area contributed by atoms with Gasteiger partial charge in [-0.3, -0.25) is 0 Å². The lowest BCUT2D eigenvalue weighted by Gasteiger charge is -2.20. The predicted octanol–water partition coefficient (Wildman–Crippen LogP) is 5.00. The number of hydrogen-bond acceptors (Lipinski definition) is 0. The van der Waals surface area contributed by atoms with Crippen LogP contribution >= 0.6 is 0 Å². The second-order valence-electron chi connectivity index (χ2n) is 10.6. The molecule has 0 bridgehead atoms. The molecule has 0 aliphatic rings. The Morgan fingerprint density at radius 1 is 0.600 bits per heavy atom. The summed E-state index contributed by atoms with van der Waals surface area (Å²) in [6.07, 6.45) is 0. The van der Waals surface area contributed by atoms with E-state index in [0.717, 1.165) is 0 Å². The molecule has 0 aliphatic carbocycles. The van der Waals surface area contributed by atoms with E-state index >= 15 is 0 Å². The van der Waals surface area contributed by atoms with E-state index < -0.39 is 0 Å². The molecule has 0 N–H and O–H groups in total. The molecule has 0 saturated heterocycles. The van der Waals surface area contributed by atoms with E-state index in [9.17, 15) is 0 Å². The Labute approximate surface area is 194 Å². The molecule has 0 saturated carbocycles. The van der Waals surface area contributed by atoms with Crippen molar-refractivity contribution in [3.05, 3.63) is 89.6 Å². The van der Waals surface area contributed by atoms with Crippen LogP contribution in [0.2, 0.25) is 0 Å². The van der Waals surface area contributed by atoms with Gasteiger partial charge in [-0.25, -0.2) is 0 Å². The van der Waals surface area contributed by atoms with Crippen molar-refractivity contribution in [3.63, 3.8) is 0 Å². The molecule has 0 aliphatic heterocycles. The highest BCUT2D eigenvalue weighted by molar-refractivity contribution is 5.64. The maximum Gasteiger partial charge on any atom is 0.359 e. The van der Waals surface area contributed by atoms with Crippen molar-refractivity contribution >= 4 is 0 Å². The van der Waals surface area contributed by atoms with Crippen molar-refractivity contribution in [2.24, 2.45) is 0 Å². The molecule has 3 aromatic rings. The molecular formula is C29H36I+. The molecular weight excluding hydrogens is 475 g/mol. The first-order valence-corrected chi connectivity index (χ1v) is 13.0. The summed E-state index contributed by atoms with van der Waals surface area (Å²) in [5.41, 5.74) is 10.1. The summed E-state index contributed by atoms with van der Waals surface area (Å²) in [7, 11) is 0. The van der Waals surface area contributed by atoms with Gasteiger partial charge in [0.2, 0.25) is 3.57 Å². The van der Waals surface area contributed by atoms with Crippen LogP contribution in [0.5, 0.6) is 0 Å². The summed E-state index contributed by atoms with van der Waals surface area (Å²) in [5, 5.41) is 0. The number of rotatable bonds is 3. The molecule has 0 amide bonds. The Morgan fingerprint density at radius 2 is 1.10 bits per heavy atom. The Hall–Kier alpha value is -1.61. The van der Waals surface area contributed by atoms with Crippen LogP contribution in [0.4, 0.5) is 0 Å². The van der Waals surface area contributed by atoms with Crippen molar-refractivity contribution in [1.82, 2.24) is 0 Å². The molecule has 1 heteroatoms. The van der Waals surface area contributed by atoms with E-state index in [1.807, 2.05) is 0 Å². The molecule has 3 aromatic carbocycles. The number of halogens is 1. The van der Waals surface area contributed by atoms with Gasteiger partial charge in [0.1, 0.15) is 0 Å². The van der Waals surface area contributed by atoms with Crippen molar-refractivity contribution in [2.45, 2.75) is 73.1 Å². The van der Waals surface area contributed by atoms with E-state index in [1.165, 1.54) is 42.5 Å². The quantitative estimate of drug-likeness (QED) is 0.434. The van der Waals surface area contributed by atoms with Crippen molar-refractivity contribution < 1.29 is 21.2 Å². The molecule has 158 valence electrons. The average Bonchev–Trinajstić information content (AvgIpc) is 2.63. The van der Waals surface area contributed by atoms with Crippen LogP contribution < -0.4 is 21.2 Å². The number of hydrogen-bond donors (Lipinski definition) is 0. The van der Waals surface area contributed by atoms with Gasteiger partial charge in [0, 0.05) is 16.7 Å². The fourth-order valence-corrected chi connectivity index (χ4v) is 6.87. The summed E-state index contributed by atoms with van der Waals surface area (Å²) in [4.78, 5) is 0. The van der Waals surface area contributed by atoms with Gasteiger partial charge in [0.05, 0.1) is 0 Å². The summed E-state index contributed by atoms with van der Waals surface area (Å²) < 4.78 is 3.10. The highest BCUT2D eigenvalue weighted by atomic mass is 127. The van der Waals surface area contributed by atoms with Gasteiger partial charge in [0.15, 0.2) is 3.57 Å². The van der Waals surface area contributed by atoms with E-state index in [4.69, 9.17) is 0 Å². The van der Waals surface area contributed by atoms with Gasteiger partial charge in [-0.2, -0.15) is 0 Å². The predicted molar refractivity (Wildman–Crippen MR) is 127 cm³/mol. The lowest BCUT2D eigenvalue weighted by molar-refractivity contribution is -0.597. The van der Waals surface area contributed by atoms with Crippen LogP contribution in [0, 0.1) is 27.9 Å². The van der Waals surface area contributed by atoms with Gasteiger partial charge in [-0.1, -0.05) is 89.6 Å². The van der Waals surface area contributed by atoms with Crippen LogP contribution in [0.3, 0.4) is 0 Å². The zero-order valence-electron chi connectivity index (χ0n) is 20.1. The zero-order chi connectivity index (χ0) is 22.3. The molecule has 0 fully saturated rings. The summed E-state index contributed by atoms with van der Waals surface area (Å²) in [5.74, 6) is 0. The maximum absolute atomic E-state index is 2.49. The molecule has 0 aromatic heterocycles. The first-order valence-electron chi connectivity index (χ1n) is 10.8. The van der Waals surface area contributed by atoms with Crippen LogP contribution in [0.1, 0.15) is 69.4 Å². The van der Waals surface area contributed by atoms with Crippen LogP contribution in [0.25, 0.3) is 11.1 Å². The highest BCUT2D eigenvalue weighted by Crippen LogP contribution is 2.29. The SMILES string of the molecule is Cc1cc(C)c([I+]c2cc(C(C)(C)C)ccc2-c2ccc(C(C)(C)C)cc2)c(C)c1. The molecule has 0 heterocycles. The average molecular weight is 512 g/mol. The molecule has 0 atom stereocenters. The topological polar surface area (TPSA) is 0 Å². The minimum absolute atomic E-state index is 0.157. The van der Waals surface area contributed by atoms with Gasteiger partial charge >= 0.3 is 21.2 Å². The second-order valence-corrected chi connectivity index (χ2v) is 13.4. The molecule has 0 radical (unpaired) electrons. The number of aryl methyl sites for hydroxylation is 3. The van der Waals surface area contributed by atoms with Crippen LogP contribution in [-0.4, -0.2) is 0 Å². The third-order valence-corrected chi connectivity index (χ3v) is 9.39. The molecule has 0 spiro atoms. The minimum atomic E-state index is -0.271. The Balaban J connectivity index is 2.12. The lowest BCUT2D eigenvalue weighted by Crippen LogP contribution is -3.62. The minimum Gasteiger partial charge on any atom is -0.0579 e. The van der Waals surface area contributed by atoms with Gasteiger partial charge in [0.25, 0.3) is 0 Å². The highest BCUT2D eigenvalue weighted by Gasteiger charge is 2.27. The molecule has 3 rings (SSSR count). The van der Waals surface area contributed by atoms with Crippen molar-refractivity contribution in [2.75, 3.05) is 0 Å². The summed E-state index contributed by atoms with van der Waals surface area (Å²) in [6, 6.07) is 21.1. The fourth-order valence-electron chi connectivity index (χ4n) is 3.86. The normalized spacial score (nSPS) is 12.3. The second kappa shape index (κ2) is 8.49. The third-order valence-electron chi connectivity index (χ3n) is 5.67.